The summed E-state index contributed by atoms with van der Waals surface area (Å²) in [6.45, 7) is 0. The molecule has 1 unspecified atom stereocenters. The average Bonchev–Trinajstić information content (AvgIpc) is 2.89. The zero-order chi connectivity index (χ0) is 26.3. The molecule has 5 aromatic rings. The van der Waals surface area contributed by atoms with Crippen LogP contribution in [-0.2, 0) is 7.05 Å². The number of pyridine rings is 1. The SMILES string of the molecule is Cn1c(=O)c(C(=O)CC(Nc2cc(Cl)ccc2Cl)c2c(O)ccc3ccccc23)c(O)c2ccccc21. The van der Waals surface area contributed by atoms with E-state index in [4.69, 9.17) is 23.2 Å². The number of nitrogens with one attached hydrogen (secondary N) is 1. The van der Waals surface area contributed by atoms with Gasteiger partial charge in [0.25, 0.3) is 5.56 Å². The number of para-hydroxylation sites is 1. The number of fused-ring (bicyclic) bond motifs is 2. The Bertz CT molecular complexity index is 1750. The predicted molar refractivity (Wildman–Crippen MR) is 148 cm³/mol. The normalized spacial score (nSPS) is 12.1. The quantitative estimate of drug-likeness (QED) is 0.208. The van der Waals surface area contributed by atoms with Crippen molar-refractivity contribution in [2.45, 2.75) is 12.5 Å². The molecule has 6 nitrogen and oxygen atoms in total. The lowest BCUT2D eigenvalue weighted by Gasteiger charge is -2.24. The lowest BCUT2D eigenvalue weighted by atomic mass is 9.92. The van der Waals surface area contributed by atoms with Crippen molar-refractivity contribution in [3.8, 4) is 11.5 Å². The summed E-state index contributed by atoms with van der Waals surface area (Å²) in [6.07, 6.45) is -0.258. The van der Waals surface area contributed by atoms with Gasteiger partial charge in [0.15, 0.2) is 5.78 Å². The second kappa shape index (κ2) is 9.81. The van der Waals surface area contributed by atoms with Gasteiger partial charge in [0.05, 0.1) is 22.3 Å². The molecule has 0 aliphatic heterocycles. The number of hydrogen-bond acceptors (Lipinski definition) is 5. The molecule has 4 aromatic carbocycles. The van der Waals surface area contributed by atoms with Crippen molar-refractivity contribution in [2.24, 2.45) is 7.05 Å². The number of rotatable bonds is 6. The molecule has 0 radical (unpaired) electrons. The summed E-state index contributed by atoms with van der Waals surface area (Å²) in [6, 6.07) is 21.7. The number of aromatic hydroxyl groups is 2. The van der Waals surface area contributed by atoms with Gasteiger partial charge in [-0.05, 0) is 47.2 Å². The van der Waals surface area contributed by atoms with Gasteiger partial charge in [0, 0.05) is 29.4 Å². The Morgan fingerprint density at radius 1 is 0.946 bits per heavy atom. The van der Waals surface area contributed by atoms with Gasteiger partial charge in [-0.3, -0.25) is 9.59 Å². The Hall–Kier alpha value is -4.00. The topological polar surface area (TPSA) is 91.6 Å². The first-order valence-electron chi connectivity index (χ1n) is 11.5. The van der Waals surface area contributed by atoms with E-state index >= 15 is 0 Å². The summed E-state index contributed by atoms with van der Waals surface area (Å²) in [5, 5.41) is 27.9. The Balaban J connectivity index is 1.66. The van der Waals surface area contributed by atoms with Crippen LogP contribution in [0, 0.1) is 0 Å². The highest BCUT2D eigenvalue weighted by atomic mass is 35.5. The molecule has 1 aromatic heterocycles. The summed E-state index contributed by atoms with van der Waals surface area (Å²) >= 11 is 12.6. The van der Waals surface area contributed by atoms with Crippen LogP contribution in [0.3, 0.4) is 0 Å². The second-order valence-corrected chi connectivity index (χ2v) is 9.62. The lowest BCUT2D eigenvalue weighted by Crippen LogP contribution is -2.27. The Morgan fingerprint density at radius 2 is 1.65 bits per heavy atom. The Morgan fingerprint density at radius 3 is 2.43 bits per heavy atom. The average molecular weight is 533 g/mol. The highest BCUT2D eigenvalue weighted by molar-refractivity contribution is 6.35. The molecule has 0 spiro atoms. The van der Waals surface area contributed by atoms with Gasteiger partial charge in [-0.2, -0.15) is 0 Å². The highest BCUT2D eigenvalue weighted by Crippen LogP contribution is 2.39. The summed E-state index contributed by atoms with van der Waals surface area (Å²) in [4.78, 5) is 26.9. The number of hydrogen-bond donors (Lipinski definition) is 3. The predicted octanol–water partition coefficient (Wildman–Crippen LogP) is 6.84. The third-order valence-electron chi connectivity index (χ3n) is 6.50. The molecule has 5 rings (SSSR count). The molecular formula is C29H22Cl2N2O4. The highest BCUT2D eigenvalue weighted by Gasteiger charge is 2.27. The maximum absolute atomic E-state index is 13.7. The third-order valence-corrected chi connectivity index (χ3v) is 7.06. The standard InChI is InChI=1S/C29H22Cl2N2O4/c1-33-23-9-5-4-8-19(23)28(36)27(29(33)37)25(35)15-22(32-21-14-17(30)11-12-20(21)31)26-18-7-3-2-6-16(18)10-13-24(26)34/h2-14,22,32,34,36H,15H2,1H3. The maximum Gasteiger partial charge on any atom is 0.265 e. The minimum Gasteiger partial charge on any atom is -0.508 e. The largest absolute Gasteiger partial charge is 0.508 e. The monoisotopic (exact) mass is 532 g/mol. The van der Waals surface area contributed by atoms with Gasteiger partial charge in [0.1, 0.15) is 17.1 Å². The number of Topliss-reactive ketones (excluding diaryl/α,β-unsaturated/α-hetero) is 1. The second-order valence-electron chi connectivity index (χ2n) is 8.77. The van der Waals surface area contributed by atoms with E-state index in [0.29, 0.717) is 32.2 Å². The molecule has 1 atom stereocenters. The fourth-order valence-electron chi connectivity index (χ4n) is 4.69. The fraction of sp³-hybridized carbons (Fsp3) is 0.103. The van der Waals surface area contributed by atoms with E-state index in [1.807, 2.05) is 24.3 Å². The van der Waals surface area contributed by atoms with Crippen LogP contribution in [0.2, 0.25) is 10.0 Å². The van der Waals surface area contributed by atoms with Crippen molar-refractivity contribution in [2.75, 3.05) is 5.32 Å². The van der Waals surface area contributed by atoms with Crippen LogP contribution in [0.5, 0.6) is 11.5 Å². The van der Waals surface area contributed by atoms with Gasteiger partial charge in [0.2, 0.25) is 0 Å². The van der Waals surface area contributed by atoms with Gasteiger partial charge in [-0.15, -0.1) is 0 Å². The van der Waals surface area contributed by atoms with Crippen LogP contribution in [0.1, 0.15) is 28.4 Å². The van der Waals surface area contributed by atoms with E-state index in [0.717, 1.165) is 10.8 Å². The van der Waals surface area contributed by atoms with Crippen molar-refractivity contribution in [3.63, 3.8) is 0 Å². The number of phenolic OH excluding ortho intramolecular Hbond substituents is 1. The van der Waals surface area contributed by atoms with Gasteiger partial charge < -0.3 is 20.1 Å². The number of aromatic nitrogens is 1. The molecule has 0 amide bonds. The number of anilines is 1. The molecule has 0 saturated heterocycles. The van der Waals surface area contributed by atoms with Gasteiger partial charge in [-0.25, -0.2) is 0 Å². The van der Waals surface area contributed by atoms with E-state index in [1.54, 1.807) is 61.6 Å². The Kier molecular flexibility index (Phi) is 6.54. The molecule has 1 heterocycles. The lowest BCUT2D eigenvalue weighted by molar-refractivity contribution is 0.0972. The maximum atomic E-state index is 13.7. The van der Waals surface area contributed by atoms with E-state index in [1.165, 1.54) is 4.57 Å². The zero-order valence-corrected chi connectivity index (χ0v) is 21.2. The zero-order valence-electron chi connectivity index (χ0n) is 19.7. The number of benzene rings is 4. The number of halogens is 2. The number of carbonyl (C=O) groups is 1. The molecule has 0 aliphatic carbocycles. The van der Waals surface area contributed by atoms with Crippen molar-refractivity contribution in [1.29, 1.82) is 0 Å². The van der Waals surface area contributed by atoms with E-state index < -0.39 is 17.4 Å². The summed E-state index contributed by atoms with van der Waals surface area (Å²) in [5.41, 5.74) is 0.496. The fourth-order valence-corrected chi connectivity index (χ4v) is 5.03. The minimum atomic E-state index is -0.815. The van der Waals surface area contributed by atoms with Crippen molar-refractivity contribution in [1.82, 2.24) is 4.57 Å². The van der Waals surface area contributed by atoms with Crippen LogP contribution in [0.25, 0.3) is 21.7 Å². The van der Waals surface area contributed by atoms with E-state index in [-0.39, 0.29) is 23.5 Å². The summed E-state index contributed by atoms with van der Waals surface area (Å²) in [5.74, 6) is -0.991. The summed E-state index contributed by atoms with van der Waals surface area (Å²) in [7, 11) is 1.55. The molecule has 8 heteroatoms. The van der Waals surface area contributed by atoms with Crippen LogP contribution in [-0.4, -0.2) is 20.6 Å². The van der Waals surface area contributed by atoms with Crippen LogP contribution in [0.4, 0.5) is 5.69 Å². The molecule has 0 bridgehead atoms. The van der Waals surface area contributed by atoms with Crippen molar-refractivity contribution in [3.05, 3.63) is 110 Å². The van der Waals surface area contributed by atoms with E-state index in [9.17, 15) is 19.8 Å². The molecule has 0 saturated carbocycles. The number of ketones is 1. The first kappa shape index (κ1) is 24.7. The molecular weight excluding hydrogens is 511 g/mol. The minimum absolute atomic E-state index is 0.0298. The molecule has 0 fully saturated rings. The van der Waals surface area contributed by atoms with Crippen molar-refractivity contribution < 1.29 is 15.0 Å². The van der Waals surface area contributed by atoms with Crippen molar-refractivity contribution >= 4 is 56.3 Å². The molecule has 37 heavy (non-hydrogen) atoms. The summed E-state index contributed by atoms with van der Waals surface area (Å²) < 4.78 is 1.34. The molecule has 186 valence electrons. The molecule has 0 aliphatic rings. The smallest absolute Gasteiger partial charge is 0.265 e. The van der Waals surface area contributed by atoms with Crippen LogP contribution < -0.4 is 10.9 Å². The van der Waals surface area contributed by atoms with Gasteiger partial charge in [-0.1, -0.05) is 65.7 Å². The van der Waals surface area contributed by atoms with Gasteiger partial charge >= 0.3 is 0 Å². The molecule has 3 N–H and O–H groups in total. The number of phenols is 1. The van der Waals surface area contributed by atoms with Crippen LogP contribution in [0.15, 0.2) is 83.7 Å². The number of nitrogens with zero attached hydrogens (tertiary/aromatic N) is 1. The van der Waals surface area contributed by atoms with E-state index in [2.05, 4.69) is 5.32 Å². The Labute approximate surface area is 222 Å². The first-order valence-corrected chi connectivity index (χ1v) is 12.3. The van der Waals surface area contributed by atoms with Crippen LogP contribution >= 0.6 is 23.2 Å². The number of aryl methyl sites for hydroxylation is 1. The first-order chi connectivity index (χ1) is 17.8. The third kappa shape index (κ3) is 4.50. The number of carbonyl (C=O) groups excluding carboxylic acids is 1.